The maximum atomic E-state index is 14.1. The minimum Gasteiger partial charge on any atom is -0.385 e. The second kappa shape index (κ2) is 10.1. The summed E-state index contributed by atoms with van der Waals surface area (Å²) in [6, 6.07) is 4.42. The first-order chi connectivity index (χ1) is 10.2. The van der Waals surface area contributed by atoms with Crippen molar-refractivity contribution >= 4 is 11.6 Å². The van der Waals surface area contributed by atoms with Crippen LogP contribution in [-0.2, 0) is 9.47 Å². The Labute approximate surface area is 131 Å². The number of nitrogens with zero attached hydrogens (tertiary/aromatic N) is 1. The van der Waals surface area contributed by atoms with Gasteiger partial charge in [0.05, 0.1) is 12.6 Å². The summed E-state index contributed by atoms with van der Waals surface area (Å²) in [7, 11) is 3.30. The van der Waals surface area contributed by atoms with Crippen LogP contribution in [0.5, 0.6) is 0 Å². The van der Waals surface area contributed by atoms with E-state index < -0.39 is 0 Å². The zero-order valence-corrected chi connectivity index (χ0v) is 13.4. The summed E-state index contributed by atoms with van der Waals surface area (Å²) in [5.41, 5.74) is 6.33. The molecule has 0 aliphatic heterocycles. The number of rotatable bonds is 10. The van der Waals surface area contributed by atoms with Crippen LogP contribution < -0.4 is 5.73 Å². The van der Waals surface area contributed by atoms with Crippen LogP contribution in [0.4, 0.5) is 4.39 Å². The zero-order valence-electron chi connectivity index (χ0n) is 12.6. The fraction of sp³-hybridized carbons (Fsp3) is 0.600. The molecule has 1 aromatic rings. The van der Waals surface area contributed by atoms with Gasteiger partial charge in [0.25, 0.3) is 0 Å². The summed E-state index contributed by atoms with van der Waals surface area (Å²) in [6.45, 7) is 2.88. The molecule has 0 bridgehead atoms. The van der Waals surface area contributed by atoms with E-state index in [1.54, 1.807) is 26.4 Å². The minimum atomic E-state index is -0.327. The Morgan fingerprint density at radius 3 is 2.52 bits per heavy atom. The maximum absolute atomic E-state index is 14.1. The lowest BCUT2D eigenvalue weighted by atomic mass is 10.0. The van der Waals surface area contributed by atoms with Gasteiger partial charge in [-0.05, 0) is 18.6 Å². The number of ether oxygens (including phenoxy) is 2. The van der Waals surface area contributed by atoms with Gasteiger partial charge in [-0.25, -0.2) is 4.39 Å². The molecule has 6 heteroatoms. The second-order valence-electron chi connectivity index (χ2n) is 4.76. The van der Waals surface area contributed by atoms with E-state index in [-0.39, 0.29) is 18.4 Å². The van der Waals surface area contributed by atoms with Gasteiger partial charge >= 0.3 is 0 Å². The van der Waals surface area contributed by atoms with E-state index in [4.69, 9.17) is 26.8 Å². The highest BCUT2D eigenvalue weighted by molar-refractivity contribution is 6.31. The van der Waals surface area contributed by atoms with Crippen LogP contribution in [0.1, 0.15) is 18.0 Å². The van der Waals surface area contributed by atoms with Crippen molar-refractivity contribution in [2.45, 2.75) is 12.5 Å². The van der Waals surface area contributed by atoms with Crippen LogP contribution in [0, 0.1) is 5.82 Å². The SMILES string of the molecule is COCCCN(CCOC)C(CN)c1c(F)cccc1Cl. The molecular weight excluding hydrogens is 295 g/mol. The molecule has 0 aromatic heterocycles. The van der Waals surface area contributed by atoms with Crippen LogP contribution in [0.3, 0.4) is 0 Å². The van der Waals surface area contributed by atoms with Gasteiger partial charge in [0, 0.05) is 51.0 Å². The molecule has 1 unspecified atom stereocenters. The Kier molecular flexibility index (Phi) is 8.80. The first kappa shape index (κ1) is 18.3. The highest BCUT2D eigenvalue weighted by Crippen LogP contribution is 2.29. The van der Waals surface area contributed by atoms with Gasteiger partial charge in [-0.3, -0.25) is 4.90 Å². The standard InChI is InChI=1S/C15H24ClFN2O2/c1-20-9-4-7-19(8-10-21-2)14(11-18)15-12(16)5-3-6-13(15)17/h3,5-6,14H,4,7-11,18H2,1-2H3. The Hall–Kier alpha value is -0.720. The fourth-order valence-corrected chi connectivity index (χ4v) is 2.61. The average molecular weight is 319 g/mol. The fourth-order valence-electron chi connectivity index (χ4n) is 2.32. The Morgan fingerprint density at radius 2 is 1.95 bits per heavy atom. The molecule has 120 valence electrons. The summed E-state index contributed by atoms with van der Waals surface area (Å²) in [4.78, 5) is 2.09. The zero-order chi connectivity index (χ0) is 15.7. The molecule has 0 spiro atoms. The Bertz CT molecular complexity index is 400. The number of methoxy groups -OCH3 is 2. The van der Waals surface area contributed by atoms with Crippen LogP contribution in [0.25, 0.3) is 0 Å². The molecule has 21 heavy (non-hydrogen) atoms. The molecule has 0 saturated carbocycles. The van der Waals surface area contributed by atoms with Crippen molar-refractivity contribution in [2.24, 2.45) is 5.73 Å². The molecule has 0 aliphatic rings. The van der Waals surface area contributed by atoms with Crippen LogP contribution in [0.15, 0.2) is 18.2 Å². The molecule has 0 fully saturated rings. The van der Waals surface area contributed by atoms with E-state index in [1.807, 2.05) is 0 Å². The van der Waals surface area contributed by atoms with Gasteiger partial charge in [-0.2, -0.15) is 0 Å². The van der Waals surface area contributed by atoms with Crippen molar-refractivity contribution in [1.29, 1.82) is 0 Å². The lowest BCUT2D eigenvalue weighted by Crippen LogP contribution is -2.37. The Balaban J connectivity index is 2.93. The molecule has 4 nitrogen and oxygen atoms in total. The third-order valence-electron chi connectivity index (χ3n) is 3.37. The van der Waals surface area contributed by atoms with Crippen molar-refractivity contribution in [3.05, 3.63) is 34.6 Å². The lowest BCUT2D eigenvalue weighted by Gasteiger charge is -2.31. The van der Waals surface area contributed by atoms with Crippen molar-refractivity contribution < 1.29 is 13.9 Å². The first-order valence-corrected chi connectivity index (χ1v) is 7.39. The molecule has 1 rings (SSSR count). The minimum absolute atomic E-state index is 0.272. The van der Waals surface area contributed by atoms with Crippen LogP contribution in [0.2, 0.25) is 5.02 Å². The average Bonchev–Trinajstić information content (AvgIpc) is 2.47. The molecule has 0 saturated heterocycles. The lowest BCUT2D eigenvalue weighted by molar-refractivity contribution is 0.107. The number of benzene rings is 1. The normalized spacial score (nSPS) is 12.9. The topological polar surface area (TPSA) is 47.7 Å². The van der Waals surface area contributed by atoms with Gasteiger partial charge in [0.2, 0.25) is 0 Å². The summed E-state index contributed by atoms with van der Waals surface area (Å²) in [5, 5.41) is 0.402. The van der Waals surface area contributed by atoms with E-state index in [9.17, 15) is 4.39 Å². The van der Waals surface area contributed by atoms with Crippen molar-refractivity contribution in [3.63, 3.8) is 0 Å². The summed E-state index contributed by atoms with van der Waals surface area (Å²) >= 11 is 6.16. The molecule has 0 amide bonds. The first-order valence-electron chi connectivity index (χ1n) is 7.01. The second-order valence-corrected chi connectivity index (χ2v) is 5.17. The van der Waals surface area contributed by atoms with Gasteiger partial charge in [-0.1, -0.05) is 17.7 Å². The van der Waals surface area contributed by atoms with Gasteiger partial charge in [0.1, 0.15) is 5.82 Å². The molecule has 0 radical (unpaired) electrons. The smallest absolute Gasteiger partial charge is 0.129 e. The van der Waals surface area contributed by atoms with Crippen molar-refractivity contribution in [3.8, 4) is 0 Å². The summed E-state index contributed by atoms with van der Waals surface area (Å²) in [5.74, 6) is -0.327. The molecule has 2 N–H and O–H groups in total. The molecule has 1 aromatic carbocycles. The number of hydrogen-bond acceptors (Lipinski definition) is 4. The van der Waals surface area contributed by atoms with E-state index in [0.29, 0.717) is 30.3 Å². The van der Waals surface area contributed by atoms with Crippen molar-refractivity contribution in [2.75, 3.05) is 47.1 Å². The van der Waals surface area contributed by atoms with Gasteiger partial charge < -0.3 is 15.2 Å². The third kappa shape index (κ3) is 5.52. The van der Waals surface area contributed by atoms with Gasteiger partial charge in [0.15, 0.2) is 0 Å². The number of halogens is 2. The largest absolute Gasteiger partial charge is 0.385 e. The Morgan fingerprint density at radius 1 is 1.24 bits per heavy atom. The van der Waals surface area contributed by atoms with Crippen LogP contribution in [-0.4, -0.2) is 52.0 Å². The molecule has 0 aliphatic carbocycles. The monoisotopic (exact) mass is 318 g/mol. The predicted octanol–water partition coefficient (Wildman–Crippen LogP) is 2.46. The predicted molar refractivity (Wildman–Crippen MR) is 83.1 cm³/mol. The molecular formula is C15H24ClFN2O2. The number of nitrogens with two attached hydrogens (primary N) is 1. The summed E-state index contributed by atoms with van der Waals surface area (Å²) < 4.78 is 24.3. The molecule has 0 heterocycles. The quantitative estimate of drug-likeness (QED) is 0.673. The van der Waals surface area contributed by atoms with E-state index in [2.05, 4.69) is 4.90 Å². The number of hydrogen-bond donors (Lipinski definition) is 1. The maximum Gasteiger partial charge on any atom is 0.129 e. The van der Waals surface area contributed by atoms with E-state index >= 15 is 0 Å². The van der Waals surface area contributed by atoms with Gasteiger partial charge in [-0.15, -0.1) is 0 Å². The highest BCUT2D eigenvalue weighted by Gasteiger charge is 2.24. The third-order valence-corrected chi connectivity index (χ3v) is 3.70. The molecule has 1 atom stereocenters. The van der Waals surface area contributed by atoms with E-state index in [1.165, 1.54) is 6.07 Å². The van der Waals surface area contributed by atoms with E-state index in [0.717, 1.165) is 13.0 Å². The summed E-state index contributed by atoms with van der Waals surface area (Å²) in [6.07, 6.45) is 0.836. The van der Waals surface area contributed by atoms with Crippen molar-refractivity contribution in [1.82, 2.24) is 4.90 Å². The highest BCUT2D eigenvalue weighted by atomic mass is 35.5. The van der Waals surface area contributed by atoms with Crippen LogP contribution >= 0.6 is 11.6 Å².